The maximum Gasteiger partial charge on any atom is 0.230 e. The summed E-state index contributed by atoms with van der Waals surface area (Å²) in [6.07, 6.45) is 3.93. The number of aromatic nitrogens is 2. The Balaban J connectivity index is 1.26. The molecule has 1 aromatic heterocycles. The van der Waals surface area contributed by atoms with Crippen molar-refractivity contribution in [1.29, 1.82) is 0 Å². The fourth-order valence-electron chi connectivity index (χ4n) is 3.41. The van der Waals surface area contributed by atoms with Crippen LogP contribution in [0.15, 0.2) is 28.7 Å². The summed E-state index contributed by atoms with van der Waals surface area (Å²) in [5.74, 6) is 2.07. The number of benzene rings is 1. The Labute approximate surface area is 158 Å². The Kier molecular flexibility index (Phi) is 5.22. The zero-order valence-electron chi connectivity index (χ0n) is 14.7. The van der Waals surface area contributed by atoms with Gasteiger partial charge in [0, 0.05) is 37.1 Å². The highest BCUT2D eigenvalue weighted by Crippen LogP contribution is 2.35. The summed E-state index contributed by atoms with van der Waals surface area (Å²) in [7, 11) is 0. The van der Waals surface area contributed by atoms with E-state index in [2.05, 4.69) is 15.1 Å². The van der Waals surface area contributed by atoms with Crippen molar-refractivity contribution in [3.63, 3.8) is 0 Å². The van der Waals surface area contributed by atoms with E-state index in [4.69, 9.17) is 16.0 Å². The lowest BCUT2D eigenvalue weighted by atomic mass is 9.85. The summed E-state index contributed by atoms with van der Waals surface area (Å²) < 4.78 is 5.80. The van der Waals surface area contributed by atoms with Crippen LogP contribution in [-0.2, 0) is 17.8 Å². The first-order valence-corrected chi connectivity index (χ1v) is 9.62. The van der Waals surface area contributed by atoms with Crippen LogP contribution in [0.3, 0.4) is 0 Å². The van der Waals surface area contributed by atoms with Gasteiger partial charge in [-0.2, -0.15) is 0 Å². The van der Waals surface area contributed by atoms with Crippen LogP contribution in [-0.4, -0.2) is 52.1 Å². The molecule has 6 nitrogen and oxygen atoms in total. The highest BCUT2D eigenvalue weighted by molar-refractivity contribution is 6.31. The predicted octanol–water partition coefficient (Wildman–Crippen LogP) is 2.88. The fourth-order valence-corrected chi connectivity index (χ4v) is 3.62. The van der Waals surface area contributed by atoms with Gasteiger partial charge in [0.15, 0.2) is 0 Å². The summed E-state index contributed by atoms with van der Waals surface area (Å²) in [5.41, 5.74) is 0.885. The van der Waals surface area contributed by atoms with E-state index in [9.17, 15) is 4.79 Å². The first-order chi connectivity index (χ1) is 12.7. The minimum absolute atomic E-state index is 0.128. The van der Waals surface area contributed by atoms with Crippen LogP contribution >= 0.6 is 11.6 Å². The van der Waals surface area contributed by atoms with Gasteiger partial charge in [-0.25, -0.2) is 0 Å². The van der Waals surface area contributed by atoms with Crippen molar-refractivity contribution in [3.05, 3.63) is 46.6 Å². The van der Waals surface area contributed by atoms with Gasteiger partial charge >= 0.3 is 0 Å². The highest BCUT2D eigenvalue weighted by Gasteiger charge is 2.26. The lowest BCUT2D eigenvalue weighted by Crippen LogP contribution is -2.48. The summed E-state index contributed by atoms with van der Waals surface area (Å²) in [6, 6.07) is 7.52. The van der Waals surface area contributed by atoms with Gasteiger partial charge in [0.2, 0.25) is 17.7 Å². The van der Waals surface area contributed by atoms with Gasteiger partial charge in [-0.1, -0.05) is 36.2 Å². The predicted molar refractivity (Wildman–Crippen MR) is 97.9 cm³/mol. The minimum atomic E-state index is 0.128. The fraction of sp³-hybridized carbons (Fsp3) is 0.526. The average Bonchev–Trinajstić information content (AvgIpc) is 3.04. The molecule has 2 heterocycles. The van der Waals surface area contributed by atoms with Gasteiger partial charge in [-0.3, -0.25) is 9.69 Å². The van der Waals surface area contributed by atoms with Crippen LogP contribution in [0.5, 0.6) is 0 Å². The molecule has 26 heavy (non-hydrogen) atoms. The Morgan fingerprint density at radius 2 is 1.92 bits per heavy atom. The summed E-state index contributed by atoms with van der Waals surface area (Å²) in [4.78, 5) is 16.7. The van der Waals surface area contributed by atoms with Gasteiger partial charge in [0.25, 0.3) is 0 Å². The van der Waals surface area contributed by atoms with E-state index in [-0.39, 0.29) is 5.91 Å². The molecule has 1 amide bonds. The maximum atomic E-state index is 12.5. The van der Waals surface area contributed by atoms with Crippen molar-refractivity contribution in [2.75, 3.05) is 26.2 Å². The van der Waals surface area contributed by atoms with Crippen LogP contribution in [0.1, 0.15) is 42.5 Å². The van der Waals surface area contributed by atoms with E-state index in [0.29, 0.717) is 42.9 Å². The number of hydrogen-bond donors (Lipinski definition) is 0. The van der Waals surface area contributed by atoms with Crippen LogP contribution in [0.25, 0.3) is 0 Å². The topological polar surface area (TPSA) is 62.5 Å². The van der Waals surface area contributed by atoms with Crippen molar-refractivity contribution in [3.8, 4) is 0 Å². The molecule has 2 aromatic rings. The number of amides is 1. The van der Waals surface area contributed by atoms with E-state index in [1.807, 2.05) is 29.2 Å². The number of carbonyl (C=O) groups excluding carboxylic acids is 1. The molecule has 0 unspecified atom stereocenters. The molecule has 2 aliphatic rings. The largest absolute Gasteiger partial charge is 0.424 e. The highest BCUT2D eigenvalue weighted by atomic mass is 35.5. The molecule has 0 bridgehead atoms. The van der Waals surface area contributed by atoms with Gasteiger partial charge in [0.05, 0.1) is 13.0 Å². The third-order valence-corrected chi connectivity index (χ3v) is 5.69. The van der Waals surface area contributed by atoms with Crippen molar-refractivity contribution in [1.82, 2.24) is 20.0 Å². The molecule has 0 spiro atoms. The van der Waals surface area contributed by atoms with E-state index in [0.717, 1.165) is 37.4 Å². The second kappa shape index (κ2) is 7.76. The lowest BCUT2D eigenvalue weighted by Gasteiger charge is -2.34. The monoisotopic (exact) mass is 374 g/mol. The normalized spacial score (nSPS) is 18.7. The molecule has 1 aliphatic carbocycles. The molecule has 0 radical (unpaired) electrons. The number of nitrogens with zero attached hydrogens (tertiary/aromatic N) is 4. The smallest absolute Gasteiger partial charge is 0.230 e. The van der Waals surface area contributed by atoms with Crippen molar-refractivity contribution >= 4 is 17.5 Å². The molecule has 0 atom stereocenters. The van der Waals surface area contributed by atoms with Crippen LogP contribution in [0.2, 0.25) is 5.02 Å². The molecular formula is C19H23ClN4O2. The Morgan fingerprint density at radius 1 is 1.15 bits per heavy atom. The van der Waals surface area contributed by atoms with Crippen LogP contribution < -0.4 is 0 Å². The van der Waals surface area contributed by atoms with Crippen molar-refractivity contribution < 1.29 is 9.21 Å². The minimum Gasteiger partial charge on any atom is -0.424 e. The number of carbonyl (C=O) groups is 1. The van der Waals surface area contributed by atoms with E-state index in [1.54, 1.807) is 0 Å². The van der Waals surface area contributed by atoms with Crippen molar-refractivity contribution in [2.45, 2.75) is 38.1 Å². The average molecular weight is 375 g/mol. The summed E-state index contributed by atoms with van der Waals surface area (Å²) in [5, 5.41) is 9.01. The van der Waals surface area contributed by atoms with Gasteiger partial charge in [0.1, 0.15) is 0 Å². The molecule has 4 rings (SSSR count). The van der Waals surface area contributed by atoms with Gasteiger partial charge in [-0.15, -0.1) is 10.2 Å². The first kappa shape index (κ1) is 17.5. The molecule has 1 saturated carbocycles. The third-order valence-electron chi connectivity index (χ3n) is 5.32. The quantitative estimate of drug-likeness (QED) is 0.805. The molecule has 1 aromatic carbocycles. The molecule has 138 valence electrons. The number of rotatable bonds is 5. The lowest BCUT2D eigenvalue weighted by molar-refractivity contribution is -0.132. The van der Waals surface area contributed by atoms with E-state index < -0.39 is 0 Å². The SMILES string of the molecule is O=C(Cc1ccccc1Cl)N1CCN(Cc2nnc(C3CCC3)o2)CC1. The molecule has 1 aliphatic heterocycles. The Morgan fingerprint density at radius 3 is 2.62 bits per heavy atom. The molecular weight excluding hydrogens is 352 g/mol. The second-order valence-corrected chi connectivity index (χ2v) is 7.49. The molecule has 1 saturated heterocycles. The van der Waals surface area contributed by atoms with E-state index in [1.165, 1.54) is 6.42 Å². The Bertz CT molecular complexity index is 766. The standard InChI is InChI=1S/C19H23ClN4O2/c20-16-7-2-1-4-15(16)12-18(25)24-10-8-23(9-11-24)13-17-21-22-19(26-17)14-5-3-6-14/h1-2,4,7,14H,3,5-6,8-13H2. The first-order valence-electron chi connectivity index (χ1n) is 9.25. The molecule has 2 fully saturated rings. The summed E-state index contributed by atoms with van der Waals surface area (Å²) in [6.45, 7) is 3.72. The van der Waals surface area contributed by atoms with Crippen LogP contribution in [0.4, 0.5) is 0 Å². The van der Waals surface area contributed by atoms with Gasteiger partial charge in [-0.05, 0) is 24.5 Å². The number of hydrogen-bond acceptors (Lipinski definition) is 5. The maximum absolute atomic E-state index is 12.5. The molecule has 0 N–H and O–H groups in total. The number of piperazine rings is 1. The van der Waals surface area contributed by atoms with Crippen molar-refractivity contribution in [2.24, 2.45) is 0 Å². The zero-order chi connectivity index (χ0) is 17.9. The third kappa shape index (κ3) is 3.91. The number of halogens is 1. The second-order valence-electron chi connectivity index (χ2n) is 7.09. The zero-order valence-corrected chi connectivity index (χ0v) is 15.5. The van der Waals surface area contributed by atoms with Gasteiger partial charge < -0.3 is 9.32 Å². The Hall–Kier alpha value is -1.92. The van der Waals surface area contributed by atoms with Crippen LogP contribution in [0, 0.1) is 0 Å². The van der Waals surface area contributed by atoms with E-state index >= 15 is 0 Å². The molecule has 7 heteroatoms. The summed E-state index contributed by atoms with van der Waals surface area (Å²) >= 11 is 6.16.